The summed E-state index contributed by atoms with van der Waals surface area (Å²) in [6.45, 7) is 11.9. The van der Waals surface area contributed by atoms with Crippen LogP contribution in [0.4, 0.5) is 4.79 Å². The number of H-pyrrole nitrogens is 1. The lowest BCUT2D eigenvalue weighted by molar-refractivity contribution is -0.144. The molecule has 0 spiro atoms. The number of aromatic nitrogens is 3. The number of nitrogens with two attached hydrogens (primary N) is 2. The lowest BCUT2D eigenvalue weighted by Gasteiger charge is -2.39. The number of ether oxygens (including phenoxy) is 1. The van der Waals surface area contributed by atoms with E-state index in [1.807, 2.05) is 58.0 Å². The number of aromatic amines is 1. The predicted molar refractivity (Wildman–Crippen MR) is 215 cm³/mol. The van der Waals surface area contributed by atoms with Crippen LogP contribution in [0.2, 0.25) is 0 Å². The van der Waals surface area contributed by atoms with Gasteiger partial charge >= 0.3 is 6.09 Å². The first kappa shape index (κ1) is 46.2. The van der Waals surface area contributed by atoms with Crippen LogP contribution in [-0.2, 0) is 43.3 Å². The van der Waals surface area contributed by atoms with Gasteiger partial charge in [0.15, 0.2) is 0 Å². The van der Waals surface area contributed by atoms with Crippen LogP contribution >= 0.6 is 0 Å². The monoisotopic (exact) mass is 791 g/mol. The second-order valence-electron chi connectivity index (χ2n) is 15.8. The highest BCUT2D eigenvalue weighted by atomic mass is 16.6. The van der Waals surface area contributed by atoms with Gasteiger partial charge in [-0.2, -0.15) is 0 Å². The molecule has 1 aromatic carbocycles. The molecular weight excluding hydrogens is 731 g/mol. The summed E-state index contributed by atoms with van der Waals surface area (Å²) >= 11 is 0. The van der Waals surface area contributed by atoms with Crippen LogP contribution in [0, 0.1) is 17.8 Å². The number of carbonyl (C=O) groups excluding carboxylic acids is 5. The van der Waals surface area contributed by atoms with E-state index >= 15 is 0 Å². The molecule has 9 N–H and O–H groups in total. The number of nitrogens with zero attached hydrogens (tertiary/aromatic N) is 3. The number of benzene rings is 1. The maximum atomic E-state index is 14.8. The molecule has 0 aliphatic rings. The van der Waals surface area contributed by atoms with Crippen molar-refractivity contribution in [2.45, 2.75) is 117 Å². The quantitative estimate of drug-likeness (QED) is 0.0876. The first-order chi connectivity index (χ1) is 26.9. The molecule has 0 saturated heterocycles. The van der Waals surface area contributed by atoms with Crippen molar-refractivity contribution in [2.75, 3.05) is 6.54 Å². The number of imidazole rings is 1. The number of aliphatic hydroxyl groups is 1. The summed E-state index contributed by atoms with van der Waals surface area (Å²) in [6.07, 6.45) is 2.27. The minimum Gasteiger partial charge on any atom is -0.443 e. The third-order valence-corrected chi connectivity index (χ3v) is 9.46. The van der Waals surface area contributed by atoms with Gasteiger partial charge in [-0.3, -0.25) is 24.2 Å². The third-order valence-electron chi connectivity index (χ3n) is 9.46. The molecule has 3 rings (SSSR count). The maximum absolute atomic E-state index is 14.8. The molecule has 0 bridgehead atoms. The molecule has 3 unspecified atom stereocenters. The van der Waals surface area contributed by atoms with Crippen LogP contribution < -0.4 is 27.4 Å². The second kappa shape index (κ2) is 21.9. The number of aliphatic hydroxyl groups excluding tert-OH is 1. The van der Waals surface area contributed by atoms with Gasteiger partial charge in [-0.15, -0.1) is 0 Å². The summed E-state index contributed by atoms with van der Waals surface area (Å²) in [5.74, 6) is -4.70. The number of nitrogens with one attached hydrogen (secondary N) is 4. The average molecular weight is 792 g/mol. The number of amides is 5. The van der Waals surface area contributed by atoms with Crippen LogP contribution in [0.15, 0.2) is 67.3 Å². The smallest absolute Gasteiger partial charge is 0.417 e. The Hall–Kier alpha value is -5.19. The Labute approximate surface area is 335 Å². The number of rotatable bonds is 20. The van der Waals surface area contributed by atoms with Crippen molar-refractivity contribution in [3.05, 3.63) is 84.2 Å². The van der Waals surface area contributed by atoms with E-state index in [-0.39, 0.29) is 37.6 Å². The van der Waals surface area contributed by atoms with Gasteiger partial charge in [-0.05, 0) is 63.1 Å². The van der Waals surface area contributed by atoms with Gasteiger partial charge in [0.05, 0.1) is 42.7 Å². The topological polar surface area (TPSA) is 248 Å². The predicted octanol–water partition coefficient (Wildman–Crippen LogP) is 2.36. The maximum Gasteiger partial charge on any atom is 0.417 e. The zero-order valence-corrected chi connectivity index (χ0v) is 34.1. The minimum atomic E-state index is -1.73. The van der Waals surface area contributed by atoms with E-state index in [0.29, 0.717) is 17.8 Å². The van der Waals surface area contributed by atoms with E-state index in [1.54, 1.807) is 45.2 Å². The molecule has 16 heteroatoms. The summed E-state index contributed by atoms with van der Waals surface area (Å²) in [5, 5.41) is 20.5. The molecule has 2 aromatic heterocycles. The summed E-state index contributed by atoms with van der Waals surface area (Å²) in [7, 11) is 0. The van der Waals surface area contributed by atoms with Crippen LogP contribution in [0.1, 0.15) is 78.3 Å². The Morgan fingerprint density at radius 3 is 2.19 bits per heavy atom. The molecule has 7 atom stereocenters. The Kier molecular flexibility index (Phi) is 17.8. The zero-order valence-electron chi connectivity index (χ0n) is 34.1. The Morgan fingerprint density at radius 1 is 0.947 bits per heavy atom. The van der Waals surface area contributed by atoms with Crippen molar-refractivity contribution in [2.24, 2.45) is 29.2 Å². The summed E-state index contributed by atoms with van der Waals surface area (Å²) in [6, 6.07) is 9.62. The molecule has 0 radical (unpaired) electrons. The Balaban J connectivity index is 2.00. The fourth-order valence-electron chi connectivity index (χ4n) is 6.23. The standard InChI is InChI=1S/C41H61N9O7/c1-8-26(4)34(38(54)46-23-28-16-12-13-17-45-28)49-36(52)30(21-42)35(51)33(18-25(2)3)50(40(56)57-41(5,6)7)39(55)32(20-29-22-44-24-47-29)48-37(53)31(43)19-27-14-10-9-11-15-27/h9-17,22,24-26,30-35,51H,8,18-21,23,42-43H2,1-7H3,(H,44,47)(H,46,54)(H,48,53)(H,49,52)/t26-,30?,31-,32-,33?,34-,35?/m0/s1. The van der Waals surface area contributed by atoms with Gasteiger partial charge in [0.25, 0.3) is 5.91 Å². The van der Waals surface area contributed by atoms with Crippen LogP contribution in [0.3, 0.4) is 0 Å². The zero-order chi connectivity index (χ0) is 42.3. The van der Waals surface area contributed by atoms with E-state index in [9.17, 15) is 29.1 Å². The molecule has 5 amide bonds. The van der Waals surface area contributed by atoms with Crippen LogP contribution in [0.5, 0.6) is 0 Å². The van der Waals surface area contributed by atoms with E-state index in [0.717, 1.165) is 10.5 Å². The molecular formula is C41H61N9O7. The number of carbonyl (C=O) groups is 5. The molecule has 0 aliphatic carbocycles. The van der Waals surface area contributed by atoms with Gasteiger partial charge in [0.2, 0.25) is 17.7 Å². The van der Waals surface area contributed by atoms with E-state index in [4.69, 9.17) is 16.2 Å². The van der Waals surface area contributed by atoms with Crippen molar-refractivity contribution in [3.63, 3.8) is 0 Å². The summed E-state index contributed by atoms with van der Waals surface area (Å²) in [4.78, 5) is 82.1. The van der Waals surface area contributed by atoms with Crippen molar-refractivity contribution in [3.8, 4) is 0 Å². The summed E-state index contributed by atoms with van der Waals surface area (Å²) < 4.78 is 5.74. The molecule has 312 valence electrons. The minimum absolute atomic E-state index is 0.0214. The van der Waals surface area contributed by atoms with Crippen molar-refractivity contribution in [1.29, 1.82) is 0 Å². The van der Waals surface area contributed by atoms with Crippen LogP contribution in [-0.4, -0.2) is 97.1 Å². The van der Waals surface area contributed by atoms with Gasteiger partial charge < -0.3 is 42.2 Å². The molecule has 16 nitrogen and oxygen atoms in total. The molecule has 57 heavy (non-hydrogen) atoms. The van der Waals surface area contributed by atoms with Crippen molar-refractivity contribution < 1.29 is 33.8 Å². The third kappa shape index (κ3) is 14.4. The highest BCUT2D eigenvalue weighted by Gasteiger charge is 2.45. The molecule has 3 aromatic rings. The fraction of sp³-hybridized carbons (Fsp3) is 0.537. The first-order valence-corrected chi connectivity index (χ1v) is 19.4. The van der Waals surface area contributed by atoms with E-state index in [1.165, 1.54) is 12.5 Å². The normalized spacial score (nSPS) is 15.3. The number of pyridine rings is 1. The number of hydrogen-bond acceptors (Lipinski definition) is 11. The van der Waals surface area contributed by atoms with E-state index < -0.39 is 78.1 Å². The van der Waals surface area contributed by atoms with Gasteiger partial charge in [0, 0.05) is 31.1 Å². The Morgan fingerprint density at radius 2 is 1.63 bits per heavy atom. The van der Waals surface area contributed by atoms with Crippen molar-refractivity contribution >= 4 is 29.7 Å². The Bertz CT molecular complexity index is 1720. The van der Waals surface area contributed by atoms with Gasteiger partial charge in [-0.1, -0.05) is 70.5 Å². The molecule has 2 heterocycles. The SMILES string of the molecule is CC[C@H](C)[C@H](NC(=O)C(CN)C(O)C(CC(C)C)N(C(=O)OC(C)(C)C)C(=O)[C@H](Cc1cnc[nH]1)NC(=O)[C@@H](N)Cc1ccccc1)C(=O)NCc1ccccn1. The van der Waals surface area contributed by atoms with Gasteiger partial charge in [0.1, 0.15) is 17.7 Å². The van der Waals surface area contributed by atoms with Gasteiger partial charge in [-0.25, -0.2) is 14.7 Å². The highest BCUT2D eigenvalue weighted by Crippen LogP contribution is 2.25. The average Bonchev–Trinajstić information content (AvgIpc) is 3.68. The molecule has 0 aliphatic heterocycles. The fourth-order valence-corrected chi connectivity index (χ4v) is 6.23. The van der Waals surface area contributed by atoms with E-state index in [2.05, 4.69) is 30.9 Å². The number of hydrogen-bond donors (Lipinski definition) is 7. The highest BCUT2D eigenvalue weighted by molar-refractivity contribution is 5.98. The van der Waals surface area contributed by atoms with Crippen molar-refractivity contribution in [1.82, 2.24) is 35.8 Å². The largest absolute Gasteiger partial charge is 0.443 e. The lowest BCUT2D eigenvalue weighted by Crippen LogP contribution is -2.62. The summed E-state index contributed by atoms with van der Waals surface area (Å²) in [5.41, 5.74) is 13.3. The second-order valence-corrected chi connectivity index (χ2v) is 15.8. The molecule has 0 fully saturated rings. The lowest BCUT2D eigenvalue weighted by atomic mass is 9.87. The molecule has 0 saturated carbocycles. The number of imide groups is 1. The first-order valence-electron chi connectivity index (χ1n) is 19.4. The van der Waals surface area contributed by atoms with Crippen LogP contribution in [0.25, 0.3) is 0 Å².